The molecule has 2 saturated heterocycles. The standard InChI is InChI=1S/2C25H28FN3O4/c2*1-3-7-15-10-11-19-22-21(23(31)27-12-4-2)17(14-30)20(13-28(19)24(15)32)29(22)25(33)16-8-5-6-9-18(16)26/h2*3,5-11,17,20-22,30H,4,12-14H2,1-2H3,(H,27,31)/b7-3+;7-3-/t2*17-,20-,21+,22+/m00/s1. The third-order valence-electron chi connectivity index (χ3n) is 13.2. The molecule has 2 fully saturated rings. The van der Waals surface area contributed by atoms with E-state index in [4.69, 9.17) is 0 Å². The van der Waals surface area contributed by atoms with E-state index in [0.29, 0.717) is 35.6 Å². The molecule has 2 aromatic heterocycles. The Morgan fingerprint density at radius 2 is 1.00 bits per heavy atom. The highest BCUT2D eigenvalue weighted by Crippen LogP contribution is 2.50. The number of carbonyl (C=O) groups is 4. The Bertz CT molecular complexity index is 2500. The molecule has 2 aromatic carbocycles. The van der Waals surface area contributed by atoms with Gasteiger partial charge in [-0.1, -0.05) is 62.4 Å². The number of allylic oxidation sites excluding steroid dienone is 2. The summed E-state index contributed by atoms with van der Waals surface area (Å²) in [6.07, 6.45) is 8.43. The van der Waals surface area contributed by atoms with Crippen LogP contribution in [0.4, 0.5) is 8.78 Å². The number of aliphatic hydroxyl groups is 2. The minimum absolute atomic E-state index is 0.0971. The lowest BCUT2D eigenvalue weighted by atomic mass is 9.86. The second-order valence-corrected chi connectivity index (χ2v) is 17.0. The Balaban J connectivity index is 0.000000196. The van der Waals surface area contributed by atoms with Gasteiger partial charge in [-0.25, -0.2) is 8.78 Å². The summed E-state index contributed by atoms with van der Waals surface area (Å²) < 4.78 is 32.2. The molecular formula is C50H56F2N6O8. The van der Waals surface area contributed by atoms with Gasteiger partial charge in [0.15, 0.2) is 0 Å². The number of amides is 4. The molecule has 4 bridgehead atoms. The largest absolute Gasteiger partial charge is 0.396 e. The minimum atomic E-state index is -0.794. The van der Waals surface area contributed by atoms with Crippen LogP contribution in [0.2, 0.25) is 0 Å². The van der Waals surface area contributed by atoms with Crippen molar-refractivity contribution in [2.24, 2.45) is 23.7 Å². The molecule has 4 amide bonds. The first kappa shape index (κ1) is 47.4. The summed E-state index contributed by atoms with van der Waals surface area (Å²) in [5, 5.41) is 26.3. The van der Waals surface area contributed by atoms with Gasteiger partial charge in [0, 0.05) is 73.7 Å². The molecule has 4 aliphatic heterocycles. The molecule has 4 aliphatic rings. The van der Waals surface area contributed by atoms with Crippen molar-refractivity contribution in [2.45, 2.75) is 77.8 Å². The second-order valence-electron chi connectivity index (χ2n) is 17.0. The molecule has 0 saturated carbocycles. The van der Waals surface area contributed by atoms with Crippen LogP contribution in [-0.4, -0.2) is 91.2 Å². The second kappa shape index (κ2) is 20.3. The first-order valence-corrected chi connectivity index (χ1v) is 22.5. The molecule has 66 heavy (non-hydrogen) atoms. The van der Waals surface area contributed by atoms with Gasteiger partial charge in [0.25, 0.3) is 22.9 Å². The first-order valence-electron chi connectivity index (χ1n) is 22.5. The Kier molecular flexibility index (Phi) is 14.6. The predicted molar refractivity (Wildman–Crippen MR) is 244 cm³/mol. The Morgan fingerprint density at radius 3 is 1.33 bits per heavy atom. The number of hydrogen-bond acceptors (Lipinski definition) is 8. The molecule has 0 unspecified atom stereocenters. The lowest BCUT2D eigenvalue weighted by molar-refractivity contribution is -0.128. The van der Waals surface area contributed by atoms with Crippen LogP contribution in [0, 0.1) is 35.3 Å². The molecule has 4 N–H and O–H groups in total. The summed E-state index contributed by atoms with van der Waals surface area (Å²) in [6, 6.07) is 15.4. The average Bonchev–Trinajstić information content (AvgIpc) is 3.71. The lowest BCUT2D eigenvalue weighted by Crippen LogP contribution is -2.49. The molecule has 0 aliphatic carbocycles. The van der Waals surface area contributed by atoms with E-state index < -0.39 is 71.3 Å². The van der Waals surface area contributed by atoms with Crippen molar-refractivity contribution >= 4 is 35.8 Å². The number of hydrogen-bond donors (Lipinski definition) is 4. The number of nitrogens with one attached hydrogen (secondary N) is 2. The molecule has 348 valence electrons. The van der Waals surface area contributed by atoms with Gasteiger partial charge in [-0.2, -0.15) is 0 Å². The van der Waals surface area contributed by atoms with Gasteiger partial charge >= 0.3 is 0 Å². The molecule has 14 nitrogen and oxygen atoms in total. The zero-order valence-corrected chi connectivity index (χ0v) is 37.4. The number of carbonyl (C=O) groups excluding carboxylic acids is 4. The van der Waals surface area contributed by atoms with Crippen molar-refractivity contribution < 1.29 is 38.2 Å². The maximum Gasteiger partial charge on any atom is 0.258 e. The van der Waals surface area contributed by atoms with E-state index in [2.05, 4.69) is 10.6 Å². The smallest absolute Gasteiger partial charge is 0.258 e. The number of pyridine rings is 2. The van der Waals surface area contributed by atoms with Crippen molar-refractivity contribution in [2.75, 3.05) is 26.3 Å². The van der Waals surface area contributed by atoms with Crippen molar-refractivity contribution in [3.05, 3.63) is 151 Å². The summed E-state index contributed by atoms with van der Waals surface area (Å²) in [7, 11) is 0. The fraction of sp³-hybridized carbons (Fsp3) is 0.400. The van der Waals surface area contributed by atoms with Crippen LogP contribution in [-0.2, 0) is 22.7 Å². The fourth-order valence-electron chi connectivity index (χ4n) is 10.3. The van der Waals surface area contributed by atoms with Crippen LogP contribution in [0.1, 0.15) is 95.9 Å². The zero-order chi connectivity index (χ0) is 47.4. The molecule has 8 atom stereocenters. The average molecular weight is 907 g/mol. The Morgan fingerprint density at radius 1 is 0.621 bits per heavy atom. The SMILES string of the molecule is C/C=C/c1ccc2n(c1=O)C[C@H]1[C@H](CO)[C@@H](C(=O)NCCC)[C@@H]2N1C(=O)c1ccccc1F.C/C=C\c1ccc2n(c1=O)C[C@H]1[C@H](CO)[C@@H](C(=O)NCCC)[C@@H]2N1C(=O)c1ccccc1F. The third kappa shape index (κ3) is 8.43. The van der Waals surface area contributed by atoms with Crippen LogP contribution in [0.5, 0.6) is 0 Å². The summed E-state index contributed by atoms with van der Waals surface area (Å²) in [5.41, 5.74) is 1.41. The fourth-order valence-corrected chi connectivity index (χ4v) is 10.3. The Hall–Kier alpha value is -6.52. The predicted octanol–water partition coefficient (Wildman–Crippen LogP) is 4.70. The summed E-state index contributed by atoms with van der Waals surface area (Å²) in [5.74, 6) is -5.68. The van der Waals surface area contributed by atoms with Crippen LogP contribution in [0.15, 0.2) is 94.5 Å². The molecule has 16 heteroatoms. The van der Waals surface area contributed by atoms with Gasteiger partial charge < -0.3 is 39.8 Å². The maximum absolute atomic E-state index is 14.5. The number of aromatic nitrogens is 2. The van der Waals surface area contributed by atoms with E-state index in [-0.39, 0.29) is 60.4 Å². The van der Waals surface area contributed by atoms with E-state index >= 15 is 0 Å². The summed E-state index contributed by atoms with van der Waals surface area (Å²) in [6.45, 7) is 7.99. The minimum Gasteiger partial charge on any atom is -0.396 e. The topological polar surface area (TPSA) is 183 Å². The molecule has 0 spiro atoms. The van der Waals surface area contributed by atoms with E-state index in [1.54, 1.807) is 69.8 Å². The van der Waals surface area contributed by atoms with E-state index in [1.807, 2.05) is 27.7 Å². The number of nitrogens with zero attached hydrogens (tertiary/aromatic N) is 4. The van der Waals surface area contributed by atoms with Gasteiger partial charge in [-0.3, -0.25) is 28.8 Å². The molecule has 6 heterocycles. The van der Waals surface area contributed by atoms with Crippen LogP contribution >= 0.6 is 0 Å². The van der Waals surface area contributed by atoms with Gasteiger partial charge in [0.2, 0.25) is 11.8 Å². The quantitative estimate of drug-likeness (QED) is 0.158. The Labute approximate surface area is 381 Å². The van der Waals surface area contributed by atoms with Gasteiger partial charge in [-0.15, -0.1) is 0 Å². The highest BCUT2D eigenvalue weighted by molar-refractivity contribution is 5.97. The summed E-state index contributed by atoms with van der Waals surface area (Å²) >= 11 is 0. The monoisotopic (exact) mass is 906 g/mol. The highest BCUT2D eigenvalue weighted by atomic mass is 19.1. The van der Waals surface area contributed by atoms with E-state index in [9.17, 15) is 47.8 Å². The third-order valence-corrected chi connectivity index (χ3v) is 13.2. The van der Waals surface area contributed by atoms with Crippen molar-refractivity contribution in [1.29, 1.82) is 0 Å². The normalized spacial score (nSPS) is 23.6. The number of rotatable bonds is 12. The number of aliphatic hydroxyl groups excluding tert-OH is 2. The van der Waals surface area contributed by atoms with Crippen molar-refractivity contribution in [1.82, 2.24) is 29.6 Å². The molecule has 4 aromatic rings. The molecular weight excluding hydrogens is 851 g/mol. The summed E-state index contributed by atoms with van der Waals surface area (Å²) in [4.78, 5) is 82.9. The van der Waals surface area contributed by atoms with Crippen LogP contribution < -0.4 is 21.8 Å². The first-order chi connectivity index (χ1) is 31.9. The van der Waals surface area contributed by atoms with Gasteiger partial charge in [0.05, 0.1) is 47.1 Å². The van der Waals surface area contributed by atoms with Crippen LogP contribution in [0.25, 0.3) is 12.2 Å². The van der Waals surface area contributed by atoms with E-state index in [1.165, 1.54) is 46.2 Å². The molecule has 8 rings (SSSR count). The lowest BCUT2D eigenvalue weighted by Gasteiger charge is -2.38. The highest BCUT2D eigenvalue weighted by Gasteiger charge is 2.59. The van der Waals surface area contributed by atoms with E-state index in [0.717, 1.165) is 12.8 Å². The van der Waals surface area contributed by atoms with Crippen molar-refractivity contribution in [3.8, 4) is 0 Å². The van der Waals surface area contributed by atoms with Crippen molar-refractivity contribution in [3.63, 3.8) is 0 Å². The van der Waals surface area contributed by atoms with Gasteiger partial charge in [-0.05, 0) is 75.2 Å². The van der Waals surface area contributed by atoms with Crippen LogP contribution in [0.3, 0.4) is 0 Å². The zero-order valence-electron chi connectivity index (χ0n) is 37.4. The van der Waals surface area contributed by atoms with Gasteiger partial charge in [0.1, 0.15) is 11.6 Å². The number of fused-ring (bicyclic) bond motifs is 8. The number of benzene rings is 2. The maximum atomic E-state index is 14.5. The number of halogens is 2. The molecule has 0 radical (unpaired) electrons.